The molecule has 0 amide bonds. The van der Waals surface area contributed by atoms with Gasteiger partial charge in [0.25, 0.3) is 0 Å². The van der Waals surface area contributed by atoms with E-state index in [0.29, 0.717) is 0 Å². The third kappa shape index (κ3) is 4.44. The number of hydrogen-bond donors (Lipinski definition) is 1. The van der Waals surface area contributed by atoms with E-state index in [9.17, 15) is 0 Å². The molecule has 2 N–H and O–H groups in total. The van der Waals surface area contributed by atoms with Gasteiger partial charge in [-0.05, 0) is 53.6 Å². The summed E-state index contributed by atoms with van der Waals surface area (Å²) in [7, 11) is 0. The molecule has 1 rings (SSSR count). The molecule has 0 aliphatic heterocycles. The lowest BCUT2D eigenvalue weighted by atomic mass is 10.0. The summed E-state index contributed by atoms with van der Waals surface area (Å²) in [6, 6.07) is 8.38. The van der Waals surface area contributed by atoms with Crippen molar-refractivity contribution in [3.63, 3.8) is 0 Å². The molecule has 0 saturated carbocycles. The molecule has 0 bridgehead atoms. The summed E-state index contributed by atoms with van der Waals surface area (Å²) in [5.41, 5.74) is 8.32. The predicted octanol–water partition coefficient (Wildman–Crippen LogP) is 3.68. The van der Waals surface area contributed by atoms with Crippen molar-refractivity contribution in [2.75, 3.05) is 0 Å². The summed E-state index contributed by atoms with van der Waals surface area (Å²) in [4.78, 5) is 0. The average molecular weight is 324 g/mol. The van der Waals surface area contributed by atoms with Gasteiger partial charge in [-0.3, -0.25) is 0 Å². The fourth-order valence-corrected chi connectivity index (χ4v) is 1.80. The Bertz CT molecular complexity index is 312. The SMILES string of the molecule is C=C(C)C[C@H](N)c1cccc(I)c1.Cl. The van der Waals surface area contributed by atoms with Crippen LogP contribution in [0.5, 0.6) is 0 Å². The average Bonchev–Trinajstić information content (AvgIpc) is 2.03. The monoisotopic (exact) mass is 323 g/mol. The maximum Gasteiger partial charge on any atom is 0.0332 e. The van der Waals surface area contributed by atoms with Gasteiger partial charge in [0.15, 0.2) is 0 Å². The van der Waals surface area contributed by atoms with Gasteiger partial charge >= 0.3 is 0 Å². The summed E-state index contributed by atoms with van der Waals surface area (Å²) >= 11 is 2.29. The molecular formula is C11H15ClIN. The summed E-state index contributed by atoms with van der Waals surface area (Å²) < 4.78 is 1.23. The van der Waals surface area contributed by atoms with E-state index in [-0.39, 0.29) is 18.4 Å². The van der Waals surface area contributed by atoms with Crippen LogP contribution in [0.2, 0.25) is 0 Å². The maximum absolute atomic E-state index is 6.00. The first-order chi connectivity index (χ1) is 6.09. The Morgan fingerprint density at radius 1 is 1.57 bits per heavy atom. The summed E-state index contributed by atoms with van der Waals surface area (Å²) in [6.07, 6.45) is 0.861. The van der Waals surface area contributed by atoms with Crippen LogP contribution in [0.3, 0.4) is 0 Å². The Balaban J connectivity index is 0.00000169. The molecule has 78 valence electrons. The topological polar surface area (TPSA) is 26.0 Å². The van der Waals surface area contributed by atoms with Crippen LogP contribution in [0.15, 0.2) is 36.4 Å². The van der Waals surface area contributed by atoms with Crippen LogP contribution in [0, 0.1) is 3.57 Å². The number of benzene rings is 1. The van der Waals surface area contributed by atoms with Crippen LogP contribution in [0.1, 0.15) is 24.9 Å². The summed E-state index contributed by atoms with van der Waals surface area (Å²) in [5, 5.41) is 0. The predicted molar refractivity (Wildman–Crippen MR) is 72.8 cm³/mol. The molecule has 1 aromatic carbocycles. The van der Waals surface area contributed by atoms with Crippen LogP contribution in [-0.4, -0.2) is 0 Å². The normalized spacial score (nSPS) is 11.6. The molecule has 1 atom stereocenters. The van der Waals surface area contributed by atoms with E-state index in [1.165, 1.54) is 9.13 Å². The fourth-order valence-electron chi connectivity index (χ4n) is 1.23. The first-order valence-electron chi connectivity index (χ1n) is 4.25. The molecule has 3 heteroatoms. The van der Waals surface area contributed by atoms with Crippen molar-refractivity contribution in [1.29, 1.82) is 0 Å². The van der Waals surface area contributed by atoms with E-state index in [1.54, 1.807) is 0 Å². The fraction of sp³-hybridized carbons (Fsp3) is 0.273. The highest BCUT2D eigenvalue weighted by molar-refractivity contribution is 14.1. The minimum Gasteiger partial charge on any atom is -0.324 e. The largest absolute Gasteiger partial charge is 0.324 e. The summed E-state index contributed by atoms with van der Waals surface area (Å²) in [6.45, 7) is 5.87. The zero-order valence-electron chi connectivity index (χ0n) is 8.16. The third-order valence-electron chi connectivity index (χ3n) is 1.85. The van der Waals surface area contributed by atoms with Crippen molar-refractivity contribution >= 4 is 35.0 Å². The van der Waals surface area contributed by atoms with E-state index in [2.05, 4.69) is 47.4 Å². The number of halogens is 2. The number of nitrogens with two attached hydrogens (primary N) is 1. The third-order valence-corrected chi connectivity index (χ3v) is 2.52. The van der Waals surface area contributed by atoms with Gasteiger partial charge in [-0.25, -0.2) is 0 Å². The van der Waals surface area contributed by atoms with Crippen molar-refractivity contribution in [2.24, 2.45) is 5.73 Å². The van der Waals surface area contributed by atoms with E-state index >= 15 is 0 Å². The van der Waals surface area contributed by atoms with Crippen molar-refractivity contribution in [3.8, 4) is 0 Å². The van der Waals surface area contributed by atoms with Crippen molar-refractivity contribution < 1.29 is 0 Å². The second-order valence-corrected chi connectivity index (χ2v) is 4.57. The Hall–Kier alpha value is -0.0600. The van der Waals surface area contributed by atoms with Crippen LogP contribution in [0.4, 0.5) is 0 Å². The van der Waals surface area contributed by atoms with Crippen molar-refractivity contribution in [2.45, 2.75) is 19.4 Å². The smallest absolute Gasteiger partial charge is 0.0332 e. The van der Waals surface area contributed by atoms with Gasteiger partial charge in [0, 0.05) is 9.61 Å². The number of hydrogen-bond acceptors (Lipinski definition) is 1. The van der Waals surface area contributed by atoms with Crippen LogP contribution in [0.25, 0.3) is 0 Å². The first-order valence-corrected chi connectivity index (χ1v) is 5.33. The van der Waals surface area contributed by atoms with Gasteiger partial charge < -0.3 is 5.73 Å². The quantitative estimate of drug-likeness (QED) is 0.666. The van der Waals surface area contributed by atoms with Gasteiger partial charge in [0.05, 0.1) is 0 Å². The Labute approximate surface area is 105 Å². The molecule has 0 unspecified atom stereocenters. The second-order valence-electron chi connectivity index (χ2n) is 3.32. The minimum atomic E-state index is 0. The van der Waals surface area contributed by atoms with Crippen molar-refractivity contribution in [1.82, 2.24) is 0 Å². The zero-order chi connectivity index (χ0) is 9.84. The lowest BCUT2D eigenvalue weighted by Crippen LogP contribution is -2.10. The molecule has 1 aromatic rings. The van der Waals surface area contributed by atoms with Gasteiger partial charge in [-0.15, -0.1) is 19.0 Å². The molecule has 0 aliphatic carbocycles. The van der Waals surface area contributed by atoms with E-state index < -0.39 is 0 Å². The van der Waals surface area contributed by atoms with Gasteiger partial charge in [-0.2, -0.15) is 0 Å². The molecule has 0 aromatic heterocycles. The minimum absolute atomic E-state index is 0. The lowest BCUT2D eigenvalue weighted by molar-refractivity contribution is 0.716. The molecule has 0 radical (unpaired) electrons. The Morgan fingerprint density at radius 2 is 2.21 bits per heavy atom. The number of rotatable bonds is 3. The molecule has 0 spiro atoms. The Morgan fingerprint density at radius 3 is 2.71 bits per heavy atom. The molecule has 0 saturated heterocycles. The molecule has 14 heavy (non-hydrogen) atoms. The zero-order valence-corrected chi connectivity index (χ0v) is 11.1. The highest BCUT2D eigenvalue weighted by Crippen LogP contribution is 2.19. The molecule has 0 heterocycles. The lowest BCUT2D eigenvalue weighted by Gasteiger charge is -2.11. The maximum atomic E-state index is 6.00. The van der Waals surface area contributed by atoms with Gasteiger partial charge in [0.2, 0.25) is 0 Å². The molecular weight excluding hydrogens is 308 g/mol. The standard InChI is InChI=1S/C11H14IN.ClH/c1-8(2)6-11(13)9-4-3-5-10(12)7-9;/h3-5,7,11H,1,6,13H2,2H3;1H/t11-;/m0./s1. The summed E-state index contributed by atoms with van der Waals surface area (Å²) in [5.74, 6) is 0. The van der Waals surface area contributed by atoms with Crippen LogP contribution in [-0.2, 0) is 0 Å². The molecule has 0 aliphatic rings. The van der Waals surface area contributed by atoms with E-state index in [4.69, 9.17) is 5.73 Å². The highest BCUT2D eigenvalue weighted by Gasteiger charge is 2.05. The van der Waals surface area contributed by atoms with Gasteiger partial charge in [-0.1, -0.05) is 17.7 Å². The molecule has 0 fully saturated rings. The molecule has 1 nitrogen and oxygen atoms in total. The van der Waals surface area contributed by atoms with E-state index in [0.717, 1.165) is 12.0 Å². The Kier molecular flexibility index (Phi) is 6.40. The second kappa shape index (κ2) is 6.43. The van der Waals surface area contributed by atoms with Crippen LogP contribution < -0.4 is 5.73 Å². The van der Waals surface area contributed by atoms with E-state index in [1.807, 2.05) is 13.0 Å². The van der Waals surface area contributed by atoms with Gasteiger partial charge in [0.1, 0.15) is 0 Å². The highest BCUT2D eigenvalue weighted by atomic mass is 127. The van der Waals surface area contributed by atoms with Crippen LogP contribution >= 0.6 is 35.0 Å². The first kappa shape index (κ1) is 13.9. The van der Waals surface area contributed by atoms with Crippen molar-refractivity contribution in [3.05, 3.63) is 45.6 Å².